The molecular formula is C27H31N3O3S. The summed E-state index contributed by atoms with van der Waals surface area (Å²) in [6.45, 7) is 9.31. The Morgan fingerprint density at radius 1 is 1.09 bits per heavy atom. The van der Waals surface area contributed by atoms with E-state index in [1.165, 1.54) is 10.4 Å². The molecule has 0 aliphatic carbocycles. The number of nitrogens with zero attached hydrogens (tertiary/aromatic N) is 1. The lowest BCUT2D eigenvalue weighted by molar-refractivity contribution is 0.0934. The van der Waals surface area contributed by atoms with Crippen LogP contribution in [0.5, 0.6) is 11.5 Å². The number of ether oxygens (including phenoxy) is 2. The number of nitrogens with one attached hydrogen (secondary N) is 2. The number of amides is 1. The maximum absolute atomic E-state index is 13.1. The fourth-order valence-corrected chi connectivity index (χ4v) is 5.87. The Morgan fingerprint density at radius 3 is 2.68 bits per heavy atom. The van der Waals surface area contributed by atoms with Crippen molar-refractivity contribution in [1.82, 2.24) is 10.2 Å². The monoisotopic (exact) mass is 477 g/mol. The number of benzene rings is 2. The van der Waals surface area contributed by atoms with Crippen LogP contribution in [0.15, 0.2) is 48.5 Å². The Bertz CT molecular complexity index is 1180. The van der Waals surface area contributed by atoms with Crippen molar-refractivity contribution in [3.63, 3.8) is 0 Å². The first-order chi connectivity index (χ1) is 16.5. The predicted octanol–water partition coefficient (Wildman–Crippen LogP) is 5.35. The third-order valence-electron chi connectivity index (χ3n) is 6.43. The zero-order valence-electron chi connectivity index (χ0n) is 19.9. The fourth-order valence-electron chi connectivity index (χ4n) is 4.57. The van der Waals surface area contributed by atoms with E-state index in [9.17, 15) is 4.79 Å². The van der Waals surface area contributed by atoms with Gasteiger partial charge in [-0.2, -0.15) is 0 Å². The lowest BCUT2D eigenvalue weighted by Crippen LogP contribution is -2.39. The van der Waals surface area contributed by atoms with E-state index in [1.54, 1.807) is 11.3 Å². The van der Waals surface area contributed by atoms with Crippen molar-refractivity contribution in [2.45, 2.75) is 52.6 Å². The zero-order chi connectivity index (χ0) is 23.7. The van der Waals surface area contributed by atoms with Gasteiger partial charge in [0.15, 0.2) is 11.5 Å². The van der Waals surface area contributed by atoms with Gasteiger partial charge in [-0.1, -0.05) is 36.4 Å². The summed E-state index contributed by atoms with van der Waals surface area (Å²) in [5, 5.41) is 7.68. The minimum Gasteiger partial charge on any atom is -0.490 e. The molecule has 0 spiro atoms. The maximum atomic E-state index is 13.1. The number of thiophene rings is 1. The lowest BCUT2D eigenvalue weighted by atomic mass is 9.99. The second-order valence-corrected chi connectivity index (χ2v) is 10.1. The van der Waals surface area contributed by atoms with Crippen molar-refractivity contribution in [2.24, 2.45) is 0 Å². The molecule has 5 rings (SSSR count). The summed E-state index contributed by atoms with van der Waals surface area (Å²) in [5.41, 5.74) is 4.07. The van der Waals surface area contributed by atoms with Gasteiger partial charge in [0.1, 0.15) is 17.8 Å². The number of carbonyl (C=O) groups is 1. The Balaban J connectivity index is 1.36. The number of carbonyl (C=O) groups excluding carboxylic acids is 1. The molecule has 2 N–H and O–H groups in total. The van der Waals surface area contributed by atoms with Crippen molar-refractivity contribution in [1.29, 1.82) is 0 Å². The molecule has 0 saturated heterocycles. The molecule has 1 amide bonds. The minimum atomic E-state index is -0.316. The first-order valence-electron chi connectivity index (χ1n) is 11.9. The van der Waals surface area contributed by atoms with E-state index in [0.717, 1.165) is 41.2 Å². The van der Waals surface area contributed by atoms with Crippen molar-refractivity contribution >= 4 is 22.2 Å². The van der Waals surface area contributed by atoms with Gasteiger partial charge in [-0.05, 0) is 56.0 Å². The smallest absolute Gasteiger partial charge is 0.256 e. The summed E-state index contributed by atoms with van der Waals surface area (Å²) >= 11 is 1.71. The van der Waals surface area contributed by atoms with Gasteiger partial charge in [-0.25, -0.2) is 0 Å². The molecule has 1 atom stereocenters. The highest BCUT2D eigenvalue weighted by atomic mass is 32.1. The van der Waals surface area contributed by atoms with E-state index in [0.29, 0.717) is 30.8 Å². The SMILES string of the molecule is CCOc1cc(C2NC(=O)c3c(sc4c3CCN(C(C)C)C4)N2)ccc1OCc1ccccc1. The first-order valence-corrected chi connectivity index (χ1v) is 12.7. The summed E-state index contributed by atoms with van der Waals surface area (Å²) in [6, 6.07) is 16.4. The number of fused-ring (bicyclic) bond motifs is 3. The molecule has 0 bridgehead atoms. The predicted molar refractivity (Wildman–Crippen MR) is 136 cm³/mol. The van der Waals surface area contributed by atoms with E-state index in [1.807, 2.05) is 55.5 Å². The largest absolute Gasteiger partial charge is 0.490 e. The summed E-state index contributed by atoms with van der Waals surface area (Å²) in [5.74, 6) is 1.37. The Morgan fingerprint density at radius 2 is 1.91 bits per heavy atom. The van der Waals surface area contributed by atoms with E-state index in [-0.39, 0.29) is 12.1 Å². The minimum absolute atomic E-state index is 0.00314. The van der Waals surface area contributed by atoms with E-state index in [2.05, 4.69) is 29.4 Å². The van der Waals surface area contributed by atoms with Crippen molar-refractivity contribution in [3.8, 4) is 11.5 Å². The van der Waals surface area contributed by atoms with Crippen LogP contribution >= 0.6 is 11.3 Å². The highest BCUT2D eigenvalue weighted by molar-refractivity contribution is 7.16. The van der Waals surface area contributed by atoms with E-state index >= 15 is 0 Å². The second kappa shape index (κ2) is 9.68. The quantitative estimate of drug-likeness (QED) is 0.481. The first kappa shape index (κ1) is 22.7. The molecule has 34 heavy (non-hydrogen) atoms. The van der Waals surface area contributed by atoms with Crippen LogP contribution in [0, 0.1) is 0 Å². The molecule has 0 fully saturated rings. The molecule has 1 aromatic heterocycles. The average Bonchev–Trinajstić information content (AvgIpc) is 3.22. The van der Waals surface area contributed by atoms with Gasteiger partial charge in [0.05, 0.1) is 12.2 Å². The molecule has 1 unspecified atom stereocenters. The second-order valence-electron chi connectivity index (χ2n) is 8.99. The highest BCUT2D eigenvalue weighted by Crippen LogP contribution is 2.42. The zero-order valence-corrected chi connectivity index (χ0v) is 20.7. The van der Waals surface area contributed by atoms with Crippen LogP contribution in [0.25, 0.3) is 0 Å². The molecule has 0 radical (unpaired) electrons. The van der Waals surface area contributed by atoms with Gasteiger partial charge < -0.3 is 20.1 Å². The molecular weight excluding hydrogens is 446 g/mol. The molecule has 3 aromatic rings. The normalized spacial score (nSPS) is 17.5. The van der Waals surface area contributed by atoms with Crippen molar-refractivity contribution in [3.05, 3.63) is 75.7 Å². The Hall–Kier alpha value is -3.03. The summed E-state index contributed by atoms with van der Waals surface area (Å²) in [6.07, 6.45) is 0.602. The Labute approximate surface area is 204 Å². The number of rotatable bonds is 7. The van der Waals surface area contributed by atoms with Crippen LogP contribution in [0.1, 0.15) is 58.9 Å². The molecule has 6 nitrogen and oxygen atoms in total. The van der Waals surface area contributed by atoms with Crippen LogP contribution in [-0.4, -0.2) is 30.0 Å². The van der Waals surface area contributed by atoms with Gasteiger partial charge in [0.2, 0.25) is 0 Å². The van der Waals surface area contributed by atoms with Crippen LogP contribution in [0.2, 0.25) is 0 Å². The maximum Gasteiger partial charge on any atom is 0.256 e. The molecule has 178 valence electrons. The fraction of sp³-hybridized carbons (Fsp3) is 0.370. The highest BCUT2D eigenvalue weighted by Gasteiger charge is 2.34. The third-order valence-corrected chi connectivity index (χ3v) is 7.58. The standard InChI is InChI=1S/C27H31N3O3S/c1-4-32-22-14-19(10-11-21(22)33-16-18-8-6-5-7-9-18)25-28-26(31)24-20-12-13-30(17(2)3)15-23(20)34-27(24)29-25/h5-11,14,17,25,29H,4,12-13,15-16H2,1-3H3,(H,28,31). The number of hydrogen-bond acceptors (Lipinski definition) is 6. The summed E-state index contributed by atoms with van der Waals surface area (Å²) < 4.78 is 11.9. The number of hydrogen-bond donors (Lipinski definition) is 2. The summed E-state index contributed by atoms with van der Waals surface area (Å²) in [4.78, 5) is 16.9. The van der Waals surface area contributed by atoms with Gasteiger partial charge >= 0.3 is 0 Å². The van der Waals surface area contributed by atoms with Gasteiger partial charge in [0, 0.05) is 24.0 Å². The third kappa shape index (κ3) is 4.50. The topological polar surface area (TPSA) is 62.8 Å². The van der Waals surface area contributed by atoms with Gasteiger partial charge in [-0.15, -0.1) is 11.3 Å². The van der Waals surface area contributed by atoms with Gasteiger partial charge in [-0.3, -0.25) is 9.69 Å². The molecule has 0 saturated carbocycles. The molecule has 2 aliphatic rings. The van der Waals surface area contributed by atoms with Crippen LogP contribution < -0.4 is 20.1 Å². The van der Waals surface area contributed by atoms with E-state index in [4.69, 9.17) is 9.47 Å². The van der Waals surface area contributed by atoms with Crippen LogP contribution in [0.4, 0.5) is 5.00 Å². The molecule has 2 aliphatic heterocycles. The molecule has 3 heterocycles. The van der Waals surface area contributed by atoms with Crippen LogP contribution in [0.3, 0.4) is 0 Å². The van der Waals surface area contributed by atoms with Crippen molar-refractivity contribution in [2.75, 3.05) is 18.5 Å². The average molecular weight is 478 g/mol. The van der Waals surface area contributed by atoms with Crippen LogP contribution in [-0.2, 0) is 19.6 Å². The van der Waals surface area contributed by atoms with Crippen molar-refractivity contribution < 1.29 is 14.3 Å². The van der Waals surface area contributed by atoms with Gasteiger partial charge in [0.25, 0.3) is 5.91 Å². The lowest BCUT2D eigenvalue weighted by Gasteiger charge is -2.31. The van der Waals surface area contributed by atoms with E-state index < -0.39 is 0 Å². The number of anilines is 1. The molecule has 7 heteroatoms. The summed E-state index contributed by atoms with van der Waals surface area (Å²) in [7, 11) is 0. The molecule has 2 aromatic carbocycles. The Kier molecular flexibility index (Phi) is 6.48.